The maximum atomic E-state index is 12.1. The Bertz CT molecular complexity index is 737. The molecule has 2 amide bonds. The van der Waals surface area contributed by atoms with Crippen molar-refractivity contribution in [2.45, 2.75) is 12.8 Å². The third kappa shape index (κ3) is 4.51. The van der Waals surface area contributed by atoms with Crippen LogP contribution in [0.15, 0.2) is 60.9 Å². The van der Waals surface area contributed by atoms with Crippen LogP contribution >= 0.6 is 0 Å². The molecule has 0 bridgehead atoms. The summed E-state index contributed by atoms with van der Waals surface area (Å²) in [5, 5.41) is 5.57. The molecule has 1 aliphatic carbocycles. The predicted molar refractivity (Wildman–Crippen MR) is 89.1 cm³/mol. The zero-order valence-electron chi connectivity index (χ0n) is 12.5. The quantitative estimate of drug-likeness (QED) is 0.833. The van der Waals surface area contributed by atoms with Crippen molar-refractivity contribution in [3.05, 3.63) is 66.5 Å². The first kappa shape index (κ1) is 15.0. The second kappa shape index (κ2) is 6.87. The summed E-state index contributed by atoms with van der Waals surface area (Å²) in [5.41, 5.74) is 1.73. The lowest BCUT2D eigenvalue weighted by molar-refractivity contribution is -0.111. The topological polar surface area (TPSA) is 71.1 Å². The molecule has 1 aromatic heterocycles. The number of anilines is 2. The molecule has 0 radical (unpaired) electrons. The van der Waals surface area contributed by atoms with Gasteiger partial charge in [-0.05, 0) is 55.2 Å². The Morgan fingerprint density at radius 3 is 2.57 bits per heavy atom. The van der Waals surface area contributed by atoms with Crippen LogP contribution in [0.3, 0.4) is 0 Å². The number of benzene rings is 1. The number of hydrogen-bond acceptors (Lipinski definition) is 3. The van der Waals surface area contributed by atoms with E-state index in [1.165, 1.54) is 19.0 Å². The fourth-order valence-corrected chi connectivity index (χ4v) is 2.07. The number of carbonyl (C=O) groups excluding carboxylic acids is 2. The Morgan fingerprint density at radius 1 is 1.09 bits per heavy atom. The van der Waals surface area contributed by atoms with Crippen LogP contribution < -0.4 is 10.6 Å². The molecule has 0 saturated heterocycles. The predicted octanol–water partition coefficient (Wildman–Crippen LogP) is 3.24. The van der Waals surface area contributed by atoms with E-state index in [1.54, 1.807) is 48.7 Å². The first-order chi connectivity index (χ1) is 11.2. The summed E-state index contributed by atoms with van der Waals surface area (Å²) in [6.07, 6.45) is 8.95. The van der Waals surface area contributed by atoms with Gasteiger partial charge in [0.2, 0.25) is 5.91 Å². The van der Waals surface area contributed by atoms with E-state index in [-0.39, 0.29) is 11.8 Å². The standard InChI is InChI=1S/C18H17N3O2/c22-17(9-8-13-6-7-13)20-15-4-1-5-16(11-15)21-18(23)14-3-2-10-19-12-14/h1-5,8-13H,6-7H2,(H,20,22)(H,21,23)/b9-8+. The van der Waals surface area contributed by atoms with Gasteiger partial charge in [-0.1, -0.05) is 12.1 Å². The Labute approximate surface area is 134 Å². The highest BCUT2D eigenvalue weighted by molar-refractivity contribution is 6.04. The van der Waals surface area contributed by atoms with Crippen molar-refractivity contribution in [1.29, 1.82) is 0 Å². The van der Waals surface area contributed by atoms with Gasteiger partial charge in [0.05, 0.1) is 5.56 Å². The lowest BCUT2D eigenvalue weighted by Gasteiger charge is -2.07. The molecule has 2 aromatic rings. The zero-order valence-corrected chi connectivity index (χ0v) is 12.5. The average molecular weight is 307 g/mol. The molecule has 1 aromatic carbocycles. The minimum atomic E-state index is -0.241. The largest absolute Gasteiger partial charge is 0.322 e. The summed E-state index contributed by atoms with van der Waals surface area (Å²) >= 11 is 0. The van der Waals surface area contributed by atoms with Crippen molar-refractivity contribution >= 4 is 23.2 Å². The monoisotopic (exact) mass is 307 g/mol. The van der Waals surface area contributed by atoms with Gasteiger partial charge in [0, 0.05) is 23.8 Å². The van der Waals surface area contributed by atoms with Crippen LogP contribution in [0.5, 0.6) is 0 Å². The van der Waals surface area contributed by atoms with E-state index in [0.717, 1.165) is 0 Å². The second-order valence-electron chi connectivity index (χ2n) is 5.46. The molecule has 0 spiro atoms. The molecule has 0 aliphatic heterocycles. The van der Waals surface area contributed by atoms with Gasteiger partial charge in [0.25, 0.3) is 5.91 Å². The van der Waals surface area contributed by atoms with Gasteiger partial charge in [0.15, 0.2) is 0 Å². The van der Waals surface area contributed by atoms with Crippen molar-refractivity contribution in [1.82, 2.24) is 4.98 Å². The summed E-state index contributed by atoms with van der Waals surface area (Å²) in [4.78, 5) is 27.8. The van der Waals surface area contributed by atoms with Crippen LogP contribution in [0.2, 0.25) is 0 Å². The van der Waals surface area contributed by atoms with Gasteiger partial charge in [-0.15, -0.1) is 0 Å². The maximum Gasteiger partial charge on any atom is 0.257 e. The number of amides is 2. The smallest absolute Gasteiger partial charge is 0.257 e. The molecule has 0 atom stereocenters. The van der Waals surface area contributed by atoms with E-state index in [4.69, 9.17) is 0 Å². The van der Waals surface area contributed by atoms with Crippen molar-refractivity contribution in [2.75, 3.05) is 10.6 Å². The molecule has 3 rings (SSSR count). The van der Waals surface area contributed by atoms with E-state index < -0.39 is 0 Å². The highest BCUT2D eigenvalue weighted by atomic mass is 16.2. The molecule has 2 N–H and O–H groups in total. The minimum Gasteiger partial charge on any atom is -0.322 e. The van der Waals surface area contributed by atoms with E-state index in [2.05, 4.69) is 15.6 Å². The molecule has 23 heavy (non-hydrogen) atoms. The molecule has 1 heterocycles. The minimum absolute atomic E-state index is 0.160. The third-order valence-electron chi connectivity index (χ3n) is 3.45. The molecule has 0 unspecified atom stereocenters. The van der Waals surface area contributed by atoms with Crippen molar-refractivity contribution < 1.29 is 9.59 Å². The molecule has 5 heteroatoms. The molecule has 116 valence electrons. The lowest BCUT2D eigenvalue weighted by Crippen LogP contribution is -2.13. The van der Waals surface area contributed by atoms with Gasteiger partial charge in [-0.25, -0.2) is 0 Å². The molecular formula is C18H17N3O2. The number of hydrogen-bond donors (Lipinski definition) is 2. The number of rotatable bonds is 5. The van der Waals surface area contributed by atoms with Crippen LogP contribution in [0.4, 0.5) is 11.4 Å². The second-order valence-corrected chi connectivity index (χ2v) is 5.46. The van der Waals surface area contributed by atoms with Crippen LogP contribution in [0.1, 0.15) is 23.2 Å². The van der Waals surface area contributed by atoms with Gasteiger partial charge in [-0.3, -0.25) is 14.6 Å². The third-order valence-corrected chi connectivity index (χ3v) is 3.45. The normalized spacial score (nSPS) is 13.7. The first-order valence-electron chi connectivity index (χ1n) is 7.51. The lowest BCUT2D eigenvalue weighted by atomic mass is 10.2. The summed E-state index contributed by atoms with van der Waals surface area (Å²) in [6.45, 7) is 0. The van der Waals surface area contributed by atoms with Crippen molar-refractivity contribution in [2.24, 2.45) is 5.92 Å². The van der Waals surface area contributed by atoms with Crippen LogP contribution in [-0.4, -0.2) is 16.8 Å². The molecular weight excluding hydrogens is 290 g/mol. The number of nitrogens with zero attached hydrogens (tertiary/aromatic N) is 1. The Hall–Kier alpha value is -2.95. The van der Waals surface area contributed by atoms with E-state index in [0.29, 0.717) is 22.9 Å². The van der Waals surface area contributed by atoms with Crippen LogP contribution in [0.25, 0.3) is 0 Å². The molecule has 1 fully saturated rings. The maximum absolute atomic E-state index is 12.1. The van der Waals surface area contributed by atoms with Gasteiger partial charge in [0.1, 0.15) is 0 Å². The van der Waals surface area contributed by atoms with Gasteiger partial charge < -0.3 is 10.6 Å². The highest BCUT2D eigenvalue weighted by Gasteiger charge is 2.17. The number of pyridine rings is 1. The van der Waals surface area contributed by atoms with Gasteiger partial charge >= 0.3 is 0 Å². The van der Waals surface area contributed by atoms with E-state index in [9.17, 15) is 9.59 Å². The first-order valence-corrected chi connectivity index (χ1v) is 7.51. The number of nitrogens with one attached hydrogen (secondary N) is 2. The molecule has 5 nitrogen and oxygen atoms in total. The zero-order chi connectivity index (χ0) is 16.1. The SMILES string of the molecule is O=C(/C=C/C1CC1)Nc1cccc(NC(=O)c2cccnc2)c1. The Morgan fingerprint density at radius 2 is 1.87 bits per heavy atom. The van der Waals surface area contributed by atoms with Crippen molar-refractivity contribution in [3.8, 4) is 0 Å². The van der Waals surface area contributed by atoms with E-state index in [1.807, 2.05) is 6.08 Å². The average Bonchev–Trinajstić information content (AvgIpc) is 3.38. The van der Waals surface area contributed by atoms with E-state index >= 15 is 0 Å². The summed E-state index contributed by atoms with van der Waals surface area (Å²) in [5.74, 6) is 0.161. The Kier molecular flexibility index (Phi) is 4.47. The number of carbonyl (C=O) groups is 2. The number of aromatic nitrogens is 1. The number of allylic oxidation sites excluding steroid dienone is 1. The summed E-state index contributed by atoms with van der Waals surface area (Å²) in [7, 11) is 0. The van der Waals surface area contributed by atoms with Crippen LogP contribution in [-0.2, 0) is 4.79 Å². The van der Waals surface area contributed by atoms with Gasteiger partial charge in [-0.2, -0.15) is 0 Å². The molecule has 1 aliphatic rings. The van der Waals surface area contributed by atoms with Crippen molar-refractivity contribution in [3.63, 3.8) is 0 Å². The fourth-order valence-electron chi connectivity index (χ4n) is 2.07. The summed E-state index contributed by atoms with van der Waals surface area (Å²) < 4.78 is 0. The molecule has 1 saturated carbocycles. The fraction of sp³-hybridized carbons (Fsp3) is 0.167. The highest BCUT2D eigenvalue weighted by Crippen LogP contribution is 2.30. The summed E-state index contributed by atoms with van der Waals surface area (Å²) in [6, 6.07) is 10.4. The van der Waals surface area contributed by atoms with Crippen LogP contribution in [0, 0.1) is 5.92 Å². The Balaban J connectivity index is 1.62.